The first-order chi connectivity index (χ1) is 12.2. The molecule has 5 nitrogen and oxygen atoms in total. The molecule has 1 fully saturated rings. The molecule has 0 aromatic heterocycles. The number of para-hydroxylation sites is 1. The number of benzene rings is 2. The van der Waals surface area contributed by atoms with Gasteiger partial charge in [0.25, 0.3) is 0 Å². The first-order valence-corrected chi connectivity index (χ1v) is 10.1. The number of nitrogens with one attached hydrogen (secondary N) is 1. The Balaban J connectivity index is 1.81. The quantitative estimate of drug-likeness (QED) is 0.896. The lowest BCUT2D eigenvalue weighted by Gasteiger charge is -2.31. The van der Waals surface area contributed by atoms with Gasteiger partial charge in [-0.25, -0.2) is 8.42 Å². The lowest BCUT2D eigenvalue weighted by Crippen LogP contribution is -2.46. The van der Waals surface area contributed by atoms with Crippen molar-refractivity contribution in [3.63, 3.8) is 0 Å². The summed E-state index contributed by atoms with van der Waals surface area (Å²) in [5.41, 5.74) is 0.987. The molecule has 132 valence electrons. The minimum atomic E-state index is -3.62. The van der Waals surface area contributed by atoms with Crippen LogP contribution in [0.15, 0.2) is 59.5 Å². The van der Waals surface area contributed by atoms with Crippen molar-refractivity contribution in [3.8, 4) is 5.75 Å². The fraction of sp³-hybridized carbons (Fsp3) is 0.368. The molecule has 2 aliphatic heterocycles. The fourth-order valence-electron chi connectivity index (χ4n) is 3.66. The average molecular weight is 358 g/mol. The number of rotatable bonds is 2. The Kier molecular flexibility index (Phi) is 4.50. The Morgan fingerprint density at radius 3 is 2.56 bits per heavy atom. The lowest BCUT2D eigenvalue weighted by molar-refractivity contribution is 0.111. The molecule has 2 aromatic rings. The zero-order valence-electron chi connectivity index (χ0n) is 14.0. The molecular weight excluding hydrogens is 336 g/mol. The van der Waals surface area contributed by atoms with E-state index in [-0.39, 0.29) is 17.0 Å². The second-order valence-electron chi connectivity index (χ2n) is 6.53. The molecule has 6 heteroatoms. The maximum Gasteiger partial charge on any atom is 0.247 e. The van der Waals surface area contributed by atoms with Crippen LogP contribution in [0.4, 0.5) is 0 Å². The van der Waals surface area contributed by atoms with E-state index in [1.54, 1.807) is 22.5 Å². The van der Waals surface area contributed by atoms with Crippen molar-refractivity contribution in [1.29, 1.82) is 0 Å². The molecule has 25 heavy (non-hydrogen) atoms. The van der Waals surface area contributed by atoms with E-state index in [4.69, 9.17) is 4.74 Å². The number of hydrogen-bond donors (Lipinski definition) is 1. The van der Waals surface area contributed by atoms with Crippen LogP contribution in [0.1, 0.15) is 18.4 Å². The van der Waals surface area contributed by atoms with E-state index in [2.05, 4.69) is 5.32 Å². The van der Waals surface area contributed by atoms with Crippen molar-refractivity contribution >= 4 is 10.0 Å². The van der Waals surface area contributed by atoms with Gasteiger partial charge in [0.2, 0.25) is 10.0 Å². The first kappa shape index (κ1) is 16.6. The summed E-state index contributed by atoms with van der Waals surface area (Å²) in [4.78, 5) is 0.270. The van der Waals surface area contributed by atoms with E-state index in [0.29, 0.717) is 12.3 Å². The number of sulfonamides is 1. The van der Waals surface area contributed by atoms with Gasteiger partial charge in [0.05, 0.1) is 6.04 Å². The smallest absolute Gasteiger partial charge is 0.247 e. The van der Waals surface area contributed by atoms with Gasteiger partial charge in [-0.15, -0.1) is 0 Å². The van der Waals surface area contributed by atoms with Crippen LogP contribution in [0.2, 0.25) is 0 Å². The third-order valence-corrected chi connectivity index (χ3v) is 6.83. The van der Waals surface area contributed by atoms with Crippen LogP contribution in [0.3, 0.4) is 0 Å². The van der Waals surface area contributed by atoms with E-state index in [9.17, 15) is 8.42 Å². The minimum Gasteiger partial charge on any atom is -0.487 e. The molecule has 0 saturated carbocycles. The zero-order valence-corrected chi connectivity index (χ0v) is 14.8. The topological polar surface area (TPSA) is 58.6 Å². The van der Waals surface area contributed by atoms with Crippen molar-refractivity contribution in [1.82, 2.24) is 9.62 Å². The summed E-state index contributed by atoms with van der Waals surface area (Å²) in [5.74, 6) is 0.468. The highest BCUT2D eigenvalue weighted by Crippen LogP contribution is 2.36. The predicted molar refractivity (Wildman–Crippen MR) is 95.9 cm³/mol. The van der Waals surface area contributed by atoms with Crippen LogP contribution >= 0.6 is 0 Å². The van der Waals surface area contributed by atoms with Gasteiger partial charge in [0, 0.05) is 6.54 Å². The van der Waals surface area contributed by atoms with Crippen LogP contribution < -0.4 is 10.1 Å². The molecule has 0 aliphatic carbocycles. The molecular formula is C19H22N2O3S. The van der Waals surface area contributed by atoms with Gasteiger partial charge < -0.3 is 10.1 Å². The van der Waals surface area contributed by atoms with Gasteiger partial charge in [0.1, 0.15) is 16.7 Å². The van der Waals surface area contributed by atoms with Gasteiger partial charge >= 0.3 is 0 Å². The number of nitrogens with zero attached hydrogens (tertiary/aromatic N) is 1. The van der Waals surface area contributed by atoms with Crippen molar-refractivity contribution in [2.75, 3.05) is 13.1 Å². The van der Waals surface area contributed by atoms with Crippen LogP contribution in [-0.4, -0.2) is 38.0 Å². The zero-order chi connectivity index (χ0) is 17.3. The fourth-order valence-corrected chi connectivity index (χ4v) is 5.45. The Bertz CT molecular complexity index is 839. The summed E-state index contributed by atoms with van der Waals surface area (Å²) in [6, 6.07) is 16.6. The molecule has 1 saturated heterocycles. The van der Waals surface area contributed by atoms with Gasteiger partial charge in [-0.2, -0.15) is 4.31 Å². The second kappa shape index (κ2) is 6.78. The summed E-state index contributed by atoms with van der Waals surface area (Å²) in [5, 5.41) is 3.36. The highest BCUT2D eigenvalue weighted by molar-refractivity contribution is 7.89. The molecule has 2 heterocycles. The van der Waals surface area contributed by atoms with E-state index in [0.717, 1.165) is 31.5 Å². The average Bonchev–Trinajstić information content (AvgIpc) is 2.89. The number of fused-ring (bicyclic) bond motifs is 2. The highest BCUT2D eigenvalue weighted by atomic mass is 32.2. The van der Waals surface area contributed by atoms with Crippen molar-refractivity contribution in [2.24, 2.45) is 0 Å². The number of hydrogen-bond acceptors (Lipinski definition) is 4. The maximum atomic E-state index is 13.4. The highest BCUT2D eigenvalue weighted by Gasteiger charge is 2.42. The molecule has 0 bridgehead atoms. The van der Waals surface area contributed by atoms with Gasteiger partial charge in [-0.1, -0.05) is 42.5 Å². The largest absolute Gasteiger partial charge is 0.487 e. The third kappa shape index (κ3) is 3.17. The monoisotopic (exact) mass is 358 g/mol. The molecule has 0 amide bonds. The van der Waals surface area contributed by atoms with Gasteiger partial charge in [-0.3, -0.25) is 0 Å². The molecule has 1 N–H and O–H groups in total. The van der Waals surface area contributed by atoms with E-state index in [1.807, 2.05) is 36.4 Å². The van der Waals surface area contributed by atoms with Crippen molar-refractivity contribution < 1.29 is 13.2 Å². The molecule has 4 rings (SSSR count). The van der Waals surface area contributed by atoms with Crippen LogP contribution in [-0.2, 0) is 16.6 Å². The summed E-state index contributed by atoms with van der Waals surface area (Å²) in [6.45, 7) is 1.99. The summed E-state index contributed by atoms with van der Waals surface area (Å²) >= 11 is 0. The molecule has 2 aromatic carbocycles. The van der Waals surface area contributed by atoms with E-state index >= 15 is 0 Å². The first-order valence-electron chi connectivity index (χ1n) is 8.68. The number of ether oxygens (including phenoxy) is 1. The third-order valence-electron chi connectivity index (χ3n) is 4.92. The molecule has 0 unspecified atom stereocenters. The van der Waals surface area contributed by atoms with E-state index in [1.165, 1.54) is 0 Å². The Morgan fingerprint density at radius 2 is 1.72 bits per heavy atom. The van der Waals surface area contributed by atoms with E-state index < -0.39 is 10.0 Å². The van der Waals surface area contributed by atoms with Crippen LogP contribution in [0.5, 0.6) is 5.75 Å². The lowest BCUT2D eigenvalue weighted by atomic mass is 10.1. The van der Waals surface area contributed by atoms with Crippen molar-refractivity contribution in [2.45, 2.75) is 36.4 Å². The SMILES string of the molecule is O=S1(=O)c2ccccc2O[C@H]2CCNCC[C@@H]2N1Cc1ccccc1. The standard InChI is InChI=1S/C19H22N2O3S/c22-25(23)19-9-5-4-8-18(19)24-17-11-13-20-12-10-16(17)21(25)14-15-6-2-1-3-7-15/h1-9,16-17,20H,10-14H2/t16-,17-/m0/s1. The minimum absolute atomic E-state index is 0.142. The summed E-state index contributed by atoms with van der Waals surface area (Å²) in [7, 11) is -3.62. The Labute approximate surface area is 148 Å². The summed E-state index contributed by atoms with van der Waals surface area (Å²) in [6.07, 6.45) is 1.39. The molecule has 0 radical (unpaired) electrons. The normalized spacial score (nSPS) is 25.8. The predicted octanol–water partition coefficient (Wildman–Crippen LogP) is 2.39. The Hall–Kier alpha value is -1.89. The second-order valence-corrected chi connectivity index (χ2v) is 8.39. The molecule has 2 aliphatic rings. The Morgan fingerprint density at radius 1 is 1.00 bits per heavy atom. The van der Waals surface area contributed by atoms with Crippen molar-refractivity contribution in [3.05, 3.63) is 60.2 Å². The molecule has 2 atom stereocenters. The van der Waals surface area contributed by atoms with Gasteiger partial charge in [-0.05, 0) is 43.6 Å². The van der Waals surface area contributed by atoms with Gasteiger partial charge in [0.15, 0.2) is 0 Å². The van der Waals surface area contributed by atoms with Crippen LogP contribution in [0, 0.1) is 0 Å². The maximum absolute atomic E-state index is 13.4. The van der Waals surface area contributed by atoms with Crippen LogP contribution in [0.25, 0.3) is 0 Å². The summed E-state index contributed by atoms with van der Waals surface area (Å²) < 4.78 is 34.7. The molecule has 0 spiro atoms.